The highest BCUT2D eigenvalue weighted by Gasteiger charge is 2.23. The van der Waals surface area contributed by atoms with Gasteiger partial charge in [-0.2, -0.15) is 0 Å². The van der Waals surface area contributed by atoms with Gasteiger partial charge in [0.25, 0.3) is 0 Å². The molecule has 186 valence electrons. The third-order valence-corrected chi connectivity index (χ3v) is 5.69. The smallest absolute Gasteiger partial charge is 0.341 e. The fraction of sp³-hybridized carbons (Fsp3) is 0.160. The second-order valence-electron chi connectivity index (χ2n) is 7.89. The van der Waals surface area contributed by atoms with Gasteiger partial charge in [0.1, 0.15) is 11.6 Å². The Morgan fingerprint density at radius 3 is 2.06 bits per heavy atom. The number of methoxy groups -OCH3 is 1. The molecule has 0 bridgehead atoms. The van der Waals surface area contributed by atoms with E-state index in [0.717, 1.165) is 24.3 Å². The largest absolute Gasteiger partial charge is 0.494 e. The molecular formula is C25H21F3N4O4. The maximum absolute atomic E-state index is 15.1. The standard InChI is InChI=1S/C25H21F3N4O4/c1-36-21-12-6-11-20(22(21)28)32-24(34)30(13-16-17(26)9-5-10-18(16)27)23(33)31(25(32)35)14-19(29)15-7-3-2-4-8-15/h2-12,19H,13-14,29H2,1H3/t19-/m1/s1. The maximum Gasteiger partial charge on any atom is 0.341 e. The van der Waals surface area contributed by atoms with Crippen molar-refractivity contribution >= 4 is 0 Å². The summed E-state index contributed by atoms with van der Waals surface area (Å²) >= 11 is 0. The van der Waals surface area contributed by atoms with Crippen molar-refractivity contribution in [2.75, 3.05) is 7.11 Å². The van der Waals surface area contributed by atoms with Crippen LogP contribution in [-0.4, -0.2) is 20.8 Å². The van der Waals surface area contributed by atoms with Crippen molar-refractivity contribution in [3.8, 4) is 11.4 Å². The monoisotopic (exact) mass is 498 g/mol. The van der Waals surface area contributed by atoms with Crippen molar-refractivity contribution < 1.29 is 17.9 Å². The number of hydrogen-bond acceptors (Lipinski definition) is 5. The third-order valence-electron chi connectivity index (χ3n) is 5.69. The lowest BCUT2D eigenvalue weighted by Gasteiger charge is -2.18. The average molecular weight is 498 g/mol. The molecule has 1 heterocycles. The van der Waals surface area contributed by atoms with Gasteiger partial charge in [0.05, 0.1) is 25.9 Å². The first-order valence-electron chi connectivity index (χ1n) is 10.8. The molecule has 0 spiro atoms. The molecule has 0 saturated heterocycles. The number of aromatic nitrogens is 3. The van der Waals surface area contributed by atoms with Crippen LogP contribution in [0.3, 0.4) is 0 Å². The van der Waals surface area contributed by atoms with Crippen LogP contribution in [0.2, 0.25) is 0 Å². The van der Waals surface area contributed by atoms with Crippen molar-refractivity contribution in [1.29, 1.82) is 0 Å². The molecule has 36 heavy (non-hydrogen) atoms. The quantitative estimate of drug-likeness (QED) is 0.422. The molecule has 8 nitrogen and oxygen atoms in total. The molecule has 0 aliphatic carbocycles. The van der Waals surface area contributed by atoms with Gasteiger partial charge in [0.15, 0.2) is 11.6 Å². The molecule has 0 saturated carbocycles. The summed E-state index contributed by atoms with van der Waals surface area (Å²) in [6, 6.07) is 14.5. The molecule has 0 amide bonds. The van der Waals surface area contributed by atoms with Crippen LogP contribution in [0.4, 0.5) is 13.2 Å². The summed E-state index contributed by atoms with van der Waals surface area (Å²) in [5.41, 5.74) is 2.10. The zero-order chi connectivity index (χ0) is 26.0. The molecule has 4 aromatic rings. The van der Waals surface area contributed by atoms with Gasteiger partial charge < -0.3 is 10.5 Å². The normalized spacial score (nSPS) is 11.9. The van der Waals surface area contributed by atoms with Crippen molar-refractivity contribution in [1.82, 2.24) is 13.7 Å². The summed E-state index contributed by atoms with van der Waals surface area (Å²) in [5, 5.41) is 0. The van der Waals surface area contributed by atoms with Crippen LogP contribution in [0.15, 0.2) is 81.1 Å². The number of nitrogens with zero attached hydrogens (tertiary/aromatic N) is 3. The van der Waals surface area contributed by atoms with Gasteiger partial charge in [-0.25, -0.2) is 41.3 Å². The van der Waals surface area contributed by atoms with Crippen LogP contribution in [0.5, 0.6) is 5.75 Å². The van der Waals surface area contributed by atoms with Gasteiger partial charge in [-0.15, -0.1) is 0 Å². The fourth-order valence-electron chi connectivity index (χ4n) is 3.80. The molecular weight excluding hydrogens is 477 g/mol. The summed E-state index contributed by atoms with van der Waals surface area (Å²) in [5.74, 6) is -3.30. The predicted octanol–water partition coefficient (Wildman–Crippen LogP) is 2.34. The lowest BCUT2D eigenvalue weighted by Crippen LogP contribution is -2.55. The molecule has 0 aliphatic heterocycles. The first kappa shape index (κ1) is 24.7. The van der Waals surface area contributed by atoms with Crippen LogP contribution in [0, 0.1) is 17.5 Å². The lowest BCUT2D eigenvalue weighted by atomic mass is 10.1. The molecule has 0 fully saturated rings. The van der Waals surface area contributed by atoms with Crippen LogP contribution < -0.4 is 27.5 Å². The van der Waals surface area contributed by atoms with E-state index in [9.17, 15) is 23.2 Å². The Labute approximate surface area is 202 Å². The number of nitrogens with two attached hydrogens (primary N) is 1. The molecule has 11 heteroatoms. The summed E-state index contributed by atoms with van der Waals surface area (Å²) in [6.45, 7) is -1.24. The highest BCUT2D eigenvalue weighted by atomic mass is 19.1. The van der Waals surface area contributed by atoms with E-state index in [0.29, 0.717) is 19.3 Å². The molecule has 2 N–H and O–H groups in total. The Morgan fingerprint density at radius 2 is 1.42 bits per heavy atom. The molecule has 4 rings (SSSR count). The highest BCUT2D eigenvalue weighted by Crippen LogP contribution is 2.21. The summed E-state index contributed by atoms with van der Waals surface area (Å²) in [4.78, 5) is 40.0. The molecule has 0 aliphatic rings. The van der Waals surface area contributed by atoms with Gasteiger partial charge in [0.2, 0.25) is 0 Å². The highest BCUT2D eigenvalue weighted by molar-refractivity contribution is 5.41. The van der Waals surface area contributed by atoms with Crippen molar-refractivity contribution in [2.24, 2.45) is 5.73 Å². The zero-order valence-corrected chi connectivity index (χ0v) is 19.0. The van der Waals surface area contributed by atoms with Crippen LogP contribution >= 0.6 is 0 Å². The number of ether oxygens (including phenoxy) is 1. The van der Waals surface area contributed by atoms with E-state index in [2.05, 4.69) is 0 Å². The van der Waals surface area contributed by atoms with Gasteiger partial charge in [-0.3, -0.25) is 0 Å². The number of rotatable bonds is 7. The van der Waals surface area contributed by atoms with Crippen molar-refractivity contribution in [2.45, 2.75) is 19.1 Å². The zero-order valence-electron chi connectivity index (χ0n) is 19.0. The summed E-state index contributed by atoms with van der Waals surface area (Å²) in [7, 11) is 1.20. The van der Waals surface area contributed by atoms with Gasteiger partial charge in [-0.05, 0) is 29.8 Å². The molecule has 0 unspecified atom stereocenters. The Morgan fingerprint density at radius 1 is 0.806 bits per heavy atom. The Hall–Kier alpha value is -4.38. The van der Waals surface area contributed by atoms with Crippen LogP contribution in [-0.2, 0) is 13.1 Å². The van der Waals surface area contributed by atoms with Crippen molar-refractivity contribution in [3.05, 3.63) is 127 Å². The van der Waals surface area contributed by atoms with E-state index in [4.69, 9.17) is 10.5 Å². The summed E-state index contributed by atoms with van der Waals surface area (Å²) < 4.78 is 50.3. The molecule has 1 aromatic heterocycles. The molecule has 3 aromatic carbocycles. The van der Waals surface area contributed by atoms with E-state index >= 15 is 4.39 Å². The van der Waals surface area contributed by atoms with E-state index in [1.807, 2.05) is 0 Å². The Balaban J connectivity index is 1.99. The molecule has 0 radical (unpaired) electrons. The minimum atomic E-state index is -1.29. The number of hydrogen-bond donors (Lipinski definition) is 1. The van der Waals surface area contributed by atoms with Gasteiger partial charge in [0, 0.05) is 11.6 Å². The third kappa shape index (κ3) is 4.48. The maximum atomic E-state index is 15.1. The molecule has 1 atom stereocenters. The Bertz CT molecular complexity index is 1580. The summed E-state index contributed by atoms with van der Waals surface area (Å²) in [6.07, 6.45) is 0. The minimum absolute atomic E-state index is 0.260. The second-order valence-corrected chi connectivity index (χ2v) is 7.89. The fourth-order valence-corrected chi connectivity index (χ4v) is 3.80. The number of halogens is 3. The second kappa shape index (κ2) is 10.1. The SMILES string of the molecule is COc1cccc(-n2c(=O)n(Cc3c(F)cccc3F)c(=O)n(C[C@@H](N)c3ccccc3)c2=O)c1F. The van der Waals surface area contributed by atoms with Crippen molar-refractivity contribution in [3.63, 3.8) is 0 Å². The van der Waals surface area contributed by atoms with Gasteiger partial charge >= 0.3 is 17.1 Å². The first-order chi connectivity index (χ1) is 17.2. The minimum Gasteiger partial charge on any atom is -0.494 e. The van der Waals surface area contributed by atoms with Crippen LogP contribution in [0.1, 0.15) is 17.2 Å². The van der Waals surface area contributed by atoms with E-state index < -0.39 is 64.9 Å². The lowest BCUT2D eigenvalue weighted by molar-refractivity contribution is 0.384. The van der Waals surface area contributed by atoms with E-state index in [1.165, 1.54) is 19.2 Å². The topological polar surface area (TPSA) is 101 Å². The average Bonchev–Trinajstić information content (AvgIpc) is 2.87. The van der Waals surface area contributed by atoms with E-state index in [-0.39, 0.29) is 5.75 Å². The number of benzene rings is 3. The predicted molar refractivity (Wildman–Crippen MR) is 126 cm³/mol. The van der Waals surface area contributed by atoms with Crippen LogP contribution in [0.25, 0.3) is 5.69 Å². The van der Waals surface area contributed by atoms with Gasteiger partial charge in [-0.1, -0.05) is 42.5 Å². The Kier molecular flexibility index (Phi) is 6.93. The van der Waals surface area contributed by atoms with E-state index in [1.54, 1.807) is 30.3 Å². The first-order valence-corrected chi connectivity index (χ1v) is 10.8.